The van der Waals surface area contributed by atoms with Crippen LogP contribution in [0.4, 0.5) is 5.69 Å². The Morgan fingerprint density at radius 1 is 1.44 bits per heavy atom. The number of aliphatic hydroxyl groups is 1. The lowest BCUT2D eigenvalue weighted by Crippen LogP contribution is -2.45. The number of anilines is 1. The van der Waals surface area contributed by atoms with Crippen molar-refractivity contribution >= 4 is 21.6 Å². The van der Waals surface area contributed by atoms with E-state index in [2.05, 4.69) is 45.9 Å². The average molecular weight is 313 g/mol. The molecule has 1 N–H and O–H groups in total. The van der Waals surface area contributed by atoms with Crippen LogP contribution in [0.1, 0.15) is 18.4 Å². The van der Waals surface area contributed by atoms with Crippen molar-refractivity contribution < 1.29 is 5.11 Å². The summed E-state index contributed by atoms with van der Waals surface area (Å²) >= 11 is 3.52. The molecule has 100 valence electrons. The third-order valence-corrected chi connectivity index (χ3v) is 4.18. The molecule has 1 atom stereocenters. The number of benzene rings is 1. The van der Waals surface area contributed by atoms with Gasteiger partial charge < -0.3 is 14.9 Å². The van der Waals surface area contributed by atoms with Crippen molar-refractivity contribution in [3.63, 3.8) is 0 Å². The molecule has 1 fully saturated rings. The molecule has 0 bridgehead atoms. The van der Waals surface area contributed by atoms with Gasteiger partial charge in [0.25, 0.3) is 0 Å². The van der Waals surface area contributed by atoms with E-state index < -0.39 is 0 Å². The molecule has 2 rings (SSSR count). The molecule has 0 saturated carbocycles. The summed E-state index contributed by atoms with van der Waals surface area (Å²) in [5.41, 5.74) is 2.18. The standard InChI is InChI=1S/C14H21BrN2O/c1-16(2)13-4-3-7-17(9-13)14-8-12(15)6-5-11(14)10-18/h5-6,8,13,18H,3-4,7,9-10H2,1-2H3. The van der Waals surface area contributed by atoms with Gasteiger partial charge in [-0.05, 0) is 39.1 Å². The first kappa shape index (κ1) is 13.8. The predicted octanol–water partition coefficient (Wildman–Crippen LogP) is 2.47. The second-order valence-corrected chi connectivity index (χ2v) is 6.05. The smallest absolute Gasteiger partial charge is 0.0702 e. The minimum Gasteiger partial charge on any atom is -0.392 e. The van der Waals surface area contributed by atoms with E-state index in [4.69, 9.17) is 0 Å². The Labute approximate surface area is 118 Å². The number of hydrogen-bond acceptors (Lipinski definition) is 3. The molecule has 0 amide bonds. The Bertz CT molecular complexity index is 409. The third kappa shape index (κ3) is 3.05. The maximum atomic E-state index is 9.46. The molecule has 1 saturated heterocycles. The summed E-state index contributed by atoms with van der Waals surface area (Å²) in [6, 6.07) is 6.70. The van der Waals surface area contributed by atoms with Crippen molar-refractivity contribution in [1.82, 2.24) is 4.90 Å². The summed E-state index contributed by atoms with van der Waals surface area (Å²) < 4.78 is 1.07. The maximum absolute atomic E-state index is 9.46. The van der Waals surface area contributed by atoms with Crippen LogP contribution in [-0.2, 0) is 6.61 Å². The second kappa shape index (κ2) is 6.04. The first-order chi connectivity index (χ1) is 8.61. The lowest BCUT2D eigenvalue weighted by molar-refractivity contribution is 0.256. The highest BCUT2D eigenvalue weighted by atomic mass is 79.9. The Balaban J connectivity index is 2.22. The molecule has 1 heterocycles. The molecule has 1 aliphatic heterocycles. The zero-order valence-electron chi connectivity index (χ0n) is 11.1. The van der Waals surface area contributed by atoms with E-state index in [1.165, 1.54) is 18.5 Å². The van der Waals surface area contributed by atoms with Crippen LogP contribution in [-0.4, -0.2) is 43.2 Å². The molecule has 1 aromatic carbocycles. The second-order valence-electron chi connectivity index (χ2n) is 5.14. The number of piperidine rings is 1. The Morgan fingerprint density at radius 2 is 2.22 bits per heavy atom. The topological polar surface area (TPSA) is 26.7 Å². The van der Waals surface area contributed by atoms with E-state index >= 15 is 0 Å². The van der Waals surface area contributed by atoms with Crippen LogP contribution in [0.2, 0.25) is 0 Å². The van der Waals surface area contributed by atoms with Crippen molar-refractivity contribution in [2.75, 3.05) is 32.1 Å². The van der Waals surface area contributed by atoms with Crippen LogP contribution in [0.25, 0.3) is 0 Å². The third-order valence-electron chi connectivity index (χ3n) is 3.69. The monoisotopic (exact) mass is 312 g/mol. The quantitative estimate of drug-likeness (QED) is 0.929. The van der Waals surface area contributed by atoms with Gasteiger partial charge in [-0.2, -0.15) is 0 Å². The molecular formula is C14H21BrN2O. The molecule has 3 nitrogen and oxygen atoms in total. The number of halogens is 1. The van der Waals surface area contributed by atoms with E-state index in [1.54, 1.807) is 0 Å². The minimum absolute atomic E-state index is 0.103. The van der Waals surface area contributed by atoms with Crippen molar-refractivity contribution in [2.45, 2.75) is 25.5 Å². The Hall–Kier alpha value is -0.580. The van der Waals surface area contributed by atoms with Gasteiger partial charge in [0.2, 0.25) is 0 Å². The van der Waals surface area contributed by atoms with Crippen LogP contribution in [0.15, 0.2) is 22.7 Å². The minimum atomic E-state index is 0.103. The molecule has 0 aromatic heterocycles. The number of nitrogens with zero attached hydrogens (tertiary/aromatic N) is 2. The number of hydrogen-bond donors (Lipinski definition) is 1. The van der Waals surface area contributed by atoms with Crippen LogP contribution >= 0.6 is 15.9 Å². The lowest BCUT2D eigenvalue weighted by atomic mass is 10.0. The zero-order chi connectivity index (χ0) is 13.1. The van der Waals surface area contributed by atoms with Crippen LogP contribution in [0, 0.1) is 0 Å². The van der Waals surface area contributed by atoms with Crippen molar-refractivity contribution in [2.24, 2.45) is 0 Å². The summed E-state index contributed by atoms with van der Waals surface area (Å²) in [6.45, 7) is 2.22. The van der Waals surface area contributed by atoms with Gasteiger partial charge in [0, 0.05) is 34.9 Å². The fourth-order valence-electron chi connectivity index (χ4n) is 2.56. The van der Waals surface area contributed by atoms with Gasteiger partial charge in [0.05, 0.1) is 6.61 Å². The maximum Gasteiger partial charge on any atom is 0.0702 e. The highest BCUT2D eigenvalue weighted by Gasteiger charge is 2.22. The zero-order valence-corrected chi connectivity index (χ0v) is 12.7. The summed E-state index contributed by atoms with van der Waals surface area (Å²) in [7, 11) is 4.28. The van der Waals surface area contributed by atoms with Gasteiger partial charge in [0.15, 0.2) is 0 Å². The molecule has 1 aromatic rings. The fourth-order valence-corrected chi connectivity index (χ4v) is 2.91. The summed E-state index contributed by atoms with van der Waals surface area (Å²) in [6.07, 6.45) is 2.46. The van der Waals surface area contributed by atoms with Gasteiger partial charge in [0.1, 0.15) is 0 Å². The molecule has 1 unspecified atom stereocenters. The van der Waals surface area contributed by atoms with Crippen LogP contribution in [0.5, 0.6) is 0 Å². The highest BCUT2D eigenvalue weighted by molar-refractivity contribution is 9.10. The largest absolute Gasteiger partial charge is 0.392 e. The van der Waals surface area contributed by atoms with Crippen LogP contribution < -0.4 is 4.90 Å². The van der Waals surface area contributed by atoms with Gasteiger partial charge >= 0.3 is 0 Å². The fraction of sp³-hybridized carbons (Fsp3) is 0.571. The molecule has 18 heavy (non-hydrogen) atoms. The molecule has 4 heteroatoms. The first-order valence-corrected chi connectivity index (χ1v) is 7.21. The number of aliphatic hydroxyl groups excluding tert-OH is 1. The van der Waals surface area contributed by atoms with E-state index in [1.807, 2.05) is 12.1 Å². The average Bonchev–Trinajstić information content (AvgIpc) is 2.39. The van der Waals surface area contributed by atoms with Crippen molar-refractivity contribution in [3.05, 3.63) is 28.2 Å². The van der Waals surface area contributed by atoms with Gasteiger partial charge in [-0.15, -0.1) is 0 Å². The summed E-state index contributed by atoms with van der Waals surface area (Å²) in [4.78, 5) is 4.69. The molecule has 0 spiro atoms. The van der Waals surface area contributed by atoms with E-state index in [0.717, 1.165) is 23.1 Å². The Kier molecular flexibility index (Phi) is 4.65. The van der Waals surface area contributed by atoms with Crippen molar-refractivity contribution in [3.8, 4) is 0 Å². The normalized spacial score (nSPS) is 20.5. The SMILES string of the molecule is CN(C)C1CCCN(c2cc(Br)ccc2CO)C1. The predicted molar refractivity (Wildman–Crippen MR) is 79.0 cm³/mol. The first-order valence-electron chi connectivity index (χ1n) is 6.42. The molecule has 0 aliphatic carbocycles. The summed E-state index contributed by atoms with van der Waals surface area (Å²) in [5, 5.41) is 9.46. The summed E-state index contributed by atoms with van der Waals surface area (Å²) in [5.74, 6) is 0. The molecule has 0 radical (unpaired) electrons. The molecular weight excluding hydrogens is 292 g/mol. The lowest BCUT2D eigenvalue weighted by Gasteiger charge is -2.38. The van der Waals surface area contributed by atoms with E-state index in [-0.39, 0.29) is 6.61 Å². The number of rotatable bonds is 3. The van der Waals surface area contributed by atoms with Crippen LogP contribution in [0.3, 0.4) is 0 Å². The van der Waals surface area contributed by atoms with E-state index in [0.29, 0.717) is 6.04 Å². The van der Waals surface area contributed by atoms with E-state index in [9.17, 15) is 5.11 Å². The van der Waals surface area contributed by atoms with Gasteiger partial charge in [-0.25, -0.2) is 0 Å². The number of likely N-dealkylation sites (N-methyl/N-ethyl adjacent to an activating group) is 1. The van der Waals surface area contributed by atoms with Gasteiger partial charge in [-0.1, -0.05) is 22.0 Å². The highest BCUT2D eigenvalue weighted by Crippen LogP contribution is 2.28. The van der Waals surface area contributed by atoms with Gasteiger partial charge in [-0.3, -0.25) is 0 Å². The Morgan fingerprint density at radius 3 is 2.89 bits per heavy atom. The van der Waals surface area contributed by atoms with Crippen molar-refractivity contribution in [1.29, 1.82) is 0 Å². The molecule has 1 aliphatic rings.